The Morgan fingerprint density at radius 2 is 2.00 bits per heavy atom. The topological polar surface area (TPSA) is 30.2 Å². The van der Waals surface area contributed by atoms with Crippen LogP contribution in [0.1, 0.15) is 15.9 Å². The number of carbonyl (C=O) groups is 1. The molecule has 0 aliphatic carbocycles. The summed E-state index contributed by atoms with van der Waals surface area (Å²) in [6.45, 7) is 0. The summed E-state index contributed by atoms with van der Waals surface area (Å²) in [5, 5.41) is -0.0906. The van der Waals surface area contributed by atoms with Gasteiger partial charge in [0.15, 0.2) is 0 Å². The van der Waals surface area contributed by atoms with E-state index in [4.69, 9.17) is 4.42 Å². The molecule has 2 rings (SSSR count). The highest BCUT2D eigenvalue weighted by Crippen LogP contribution is 2.36. The summed E-state index contributed by atoms with van der Waals surface area (Å²) in [6.07, 6.45) is -3.32. The minimum Gasteiger partial charge on any atom is -0.464 e. The van der Waals surface area contributed by atoms with Gasteiger partial charge in [-0.1, -0.05) is 0 Å². The first-order valence-corrected chi connectivity index (χ1v) is 4.06. The first-order chi connectivity index (χ1) is 7.02. The van der Waals surface area contributed by atoms with Gasteiger partial charge in [0, 0.05) is 10.9 Å². The van der Waals surface area contributed by atoms with Crippen molar-refractivity contribution in [1.29, 1.82) is 0 Å². The molecule has 1 aromatic heterocycles. The third-order valence-electron chi connectivity index (χ3n) is 2.04. The van der Waals surface area contributed by atoms with Crippen molar-refractivity contribution in [2.24, 2.45) is 0 Å². The van der Waals surface area contributed by atoms with Gasteiger partial charge < -0.3 is 4.42 Å². The molecule has 0 N–H and O–H groups in total. The van der Waals surface area contributed by atoms with E-state index >= 15 is 0 Å². The lowest BCUT2D eigenvalue weighted by Crippen LogP contribution is -2.03. The van der Waals surface area contributed by atoms with Gasteiger partial charge in [-0.2, -0.15) is 13.2 Å². The van der Waals surface area contributed by atoms with Crippen molar-refractivity contribution in [2.45, 2.75) is 6.18 Å². The molecule has 0 saturated carbocycles. The highest BCUT2D eigenvalue weighted by atomic mass is 19.4. The molecule has 2 nitrogen and oxygen atoms in total. The number of rotatable bonds is 1. The maximum Gasteiger partial charge on any atom is 0.420 e. The first-order valence-electron chi connectivity index (χ1n) is 4.06. The molecule has 2 aromatic rings. The number of halogens is 3. The van der Waals surface area contributed by atoms with Gasteiger partial charge in [0.2, 0.25) is 0 Å². The zero-order valence-electron chi connectivity index (χ0n) is 7.34. The molecule has 0 radical (unpaired) electrons. The lowest BCUT2D eigenvalue weighted by atomic mass is 10.1. The zero-order chi connectivity index (χ0) is 11.1. The summed E-state index contributed by atoms with van der Waals surface area (Å²) in [5.74, 6) is 0. The molecule has 0 amide bonds. The zero-order valence-corrected chi connectivity index (χ0v) is 7.34. The van der Waals surface area contributed by atoms with Crippen molar-refractivity contribution in [1.82, 2.24) is 0 Å². The fourth-order valence-corrected chi connectivity index (χ4v) is 1.34. The van der Waals surface area contributed by atoms with Crippen LogP contribution in [0.3, 0.4) is 0 Å². The maximum atomic E-state index is 12.4. The minimum atomic E-state index is -4.47. The van der Waals surface area contributed by atoms with Crippen molar-refractivity contribution in [3.63, 3.8) is 0 Å². The summed E-state index contributed by atoms with van der Waals surface area (Å²) in [5.41, 5.74) is -0.552. The fourth-order valence-electron chi connectivity index (χ4n) is 1.34. The molecular formula is C10H5F3O2. The highest BCUT2D eigenvalue weighted by molar-refractivity contribution is 5.88. The molecule has 0 aliphatic heterocycles. The molecule has 0 atom stereocenters. The number of benzene rings is 1. The molecule has 15 heavy (non-hydrogen) atoms. The lowest BCUT2D eigenvalue weighted by Gasteiger charge is -2.02. The largest absolute Gasteiger partial charge is 0.464 e. The van der Waals surface area contributed by atoms with Crippen LogP contribution in [0.2, 0.25) is 0 Å². The van der Waals surface area contributed by atoms with Crippen molar-refractivity contribution in [3.05, 3.63) is 35.6 Å². The van der Waals surface area contributed by atoms with Gasteiger partial charge in [0.25, 0.3) is 0 Å². The van der Waals surface area contributed by atoms with Gasteiger partial charge in [0.05, 0.1) is 0 Å². The number of fused-ring (bicyclic) bond motifs is 1. The average Bonchev–Trinajstić information content (AvgIpc) is 2.59. The smallest absolute Gasteiger partial charge is 0.420 e. The fraction of sp³-hybridized carbons (Fsp3) is 0.100. The van der Waals surface area contributed by atoms with Gasteiger partial charge in [0.1, 0.15) is 23.7 Å². The second-order valence-electron chi connectivity index (χ2n) is 3.02. The van der Waals surface area contributed by atoms with Crippen LogP contribution in [0.4, 0.5) is 13.2 Å². The van der Waals surface area contributed by atoms with Gasteiger partial charge >= 0.3 is 6.18 Å². The van der Waals surface area contributed by atoms with Crippen molar-refractivity contribution in [3.8, 4) is 0 Å². The molecule has 78 valence electrons. The lowest BCUT2D eigenvalue weighted by molar-refractivity contribution is -0.136. The summed E-state index contributed by atoms with van der Waals surface area (Å²) in [6, 6.07) is 3.90. The molecule has 0 spiro atoms. The van der Waals surface area contributed by atoms with E-state index in [2.05, 4.69) is 0 Å². The number of aldehydes is 1. The Labute approximate surface area is 82.3 Å². The average molecular weight is 214 g/mol. The van der Waals surface area contributed by atoms with E-state index in [0.717, 1.165) is 6.07 Å². The molecule has 0 saturated heterocycles. The quantitative estimate of drug-likeness (QED) is 0.682. The Hall–Kier alpha value is -1.78. The normalized spacial score (nSPS) is 11.9. The van der Waals surface area contributed by atoms with E-state index in [0.29, 0.717) is 12.5 Å². The Kier molecular flexibility index (Phi) is 2.03. The predicted molar refractivity (Wildman–Crippen MR) is 46.6 cm³/mol. The summed E-state index contributed by atoms with van der Waals surface area (Å²) < 4.78 is 42.1. The van der Waals surface area contributed by atoms with Crippen molar-refractivity contribution in [2.75, 3.05) is 0 Å². The second kappa shape index (κ2) is 3.12. The van der Waals surface area contributed by atoms with Crippen LogP contribution in [0, 0.1) is 0 Å². The van der Waals surface area contributed by atoms with Gasteiger partial charge in [-0.3, -0.25) is 4.79 Å². The molecule has 1 aromatic carbocycles. The summed E-state index contributed by atoms with van der Waals surface area (Å²) >= 11 is 0. The number of furan rings is 1. The molecule has 0 unspecified atom stereocenters. The Morgan fingerprint density at radius 3 is 2.60 bits per heavy atom. The number of carbonyl (C=O) groups excluding carboxylic acids is 1. The van der Waals surface area contributed by atoms with Crippen molar-refractivity contribution >= 4 is 17.3 Å². The first kappa shape index (κ1) is 9.76. The van der Waals surface area contributed by atoms with Crippen LogP contribution < -0.4 is 0 Å². The molecule has 0 fully saturated rings. The monoisotopic (exact) mass is 214 g/mol. The third kappa shape index (κ3) is 1.60. The molecule has 0 aliphatic rings. The maximum absolute atomic E-state index is 12.4. The molecular weight excluding hydrogens is 209 g/mol. The van der Waals surface area contributed by atoms with Crippen LogP contribution in [0.5, 0.6) is 0 Å². The van der Waals surface area contributed by atoms with E-state index in [9.17, 15) is 18.0 Å². The standard InChI is InChI=1S/C10H5F3O2/c11-10(12,13)8-5-15-9-2-1-6(4-14)3-7(8)9/h1-5H. The van der Waals surface area contributed by atoms with Crippen LogP contribution in [-0.4, -0.2) is 6.29 Å². The van der Waals surface area contributed by atoms with Gasteiger partial charge in [-0.25, -0.2) is 0 Å². The summed E-state index contributed by atoms with van der Waals surface area (Å²) in [4.78, 5) is 10.4. The third-order valence-corrected chi connectivity index (χ3v) is 2.04. The highest BCUT2D eigenvalue weighted by Gasteiger charge is 2.34. The SMILES string of the molecule is O=Cc1ccc2occ(C(F)(F)F)c2c1. The van der Waals surface area contributed by atoms with E-state index in [1.807, 2.05) is 0 Å². The Balaban J connectivity index is 2.72. The van der Waals surface area contributed by atoms with Crippen LogP contribution in [0.15, 0.2) is 28.9 Å². The van der Waals surface area contributed by atoms with Crippen LogP contribution >= 0.6 is 0 Å². The van der Waals surface area contributed by atoms with Crippen LogP contribution in [0.25, 0.3) is 11.0 Å². The Morgan fingerprint density at radius 1 is 1.27 bits per heavy atom. The van der Waals surface area contributed by atoms with Crippen LogP contribution in [-0.2, 0) is 6.18 Å². The Bertz CT molecular complexity index is 511. The number of hydrogen-bond acceptors (Lipinski definition) is 2. The van der Waals surface area contributed by atoms with E-state index in [1.165, 1.54) is 12.1 Å². The van der Waals surface area contributed by atoms with Gasteiger partial charge in [-0.15, -0.1) is 0 Å². The summed E-state index contributed by atoms with van der Waals surface area (Å²) in [7, 11) is 0. The van der Waals surface area contributed by atoms with E-state index < -0.39 is 11.7 Å². The molecule has 0 bridgehead atoms. The number of alkyl halides is 3. The van der Waals surface area contributed by atoms with Gasteiger partial charge in [-0.05, 0) is 18.2 Å². The predicted octanol–water partition coefficient (Wildman–Crippen LogP) is 3.26. The number of hydrogen-bond donors (Lipinski definition) is 0. The van der Waals surface area contributed by atoms with Crippen molar-refractivity contribution < 1.29 is 22.4 Å². The minimum absolute atomic E-state index is 0.0906. The van der Waals surface area contributed by atoms with E-state index in [-0.39, 0.29) is 16.5 Å². The van der Waals surface area contributed by atoms with E-state index in [1.54, 1.807) is 0 Å². The molecule has 1 heterocycles. The second-order valence-corrected chi connectivity index (χ2v) is 3.02. The molecule has 5 heteroatoms.